The zero-order valence-electron chi connectivity index (χ0n) is 12.2. The molecule has 0 aliphatic heterocycles. The lowest BCUT2D eigenvalue weighted by Gasteiger charge is -2.12. The van der Waals surface area contributed by atoms with Crippen molar-refractivity contribution in [1.82, 2.24) is 5.32 Å². The van der Waals surface area contributed by atoms with Crippen LogP contribution in [0.4, 0.5) is 4.39 Å². The van der Waals surface area contributed by atoms with E-state index >= 15 is 0 Å². The van der Waals surface area contributed by atoms with Gasteiger partial charge < -0.3 is 28.2 Å². The summed E-state index contributed by atoms with van der Waals surface area (Å²) in [6.45, 7) is 0.876. The Labute approximate surface area is 145 Å². The maximum atomic E-state index is 12.8. The van der Waals surface area contributed by atoms with Crippen molar-refractivity contribution >= 4 is 17.5 Å². The molecule has 0 heterocycles. The van der Waals surface area contributed by atoms with Gasteiger partial charge in [0, 0.05) is 23.7 Å². The van der Waals surface area contributed by atoms with Gasteiger partial charge in [-0.1, -0.05) is 23.7 Å². The molecule has 2 aromatic carbocycles. The lowest BCUT2D eigenvalue weighted by atomic mass is 10.2. The van der Waals surface area contributed by atoms with Crippen LogP contribution < -0.4 is 28.2 Å². The number of hydrogen-bond donors (Lipinski definition) is 2. The van der Waals surface area contributed by atoms with Crippen LogP contribution in [0.5, 0.6) is 5.75 Å². The number of nitrogens with two attached hydrogens (primary N) is 1. The third kappa shape index (κ3) is 6.44. The Morgan fingerprint density at radius 3 is 2.52 bits per heavy atom. The molecule has 0 unspecified atom stereocenters. The number of nitrogens with one attached hydrogen (secondary N) is 1. The zero-order chi connectivity index (χ0) is 15.9. The van der Waals surface area contributed by atoms with Crippen LogP contribution in [-0.4, -0.2) is 12.5 Å². The van der Waals surface area contributed by atoms with Crippen molar-refractivity contribution in [2.24, 2.45) is 5.73 Å². The summed E-state index contributed by atoms with van der Waals surface area (Å²) in [5.74, 6) is -0.254. The maximum Gasteiger partial charge on any atom is 0.255 e. The van der Waals surface area contributed by atoms with Crippen LogP contribution in [-0.2, 0) is 17.9 Å². The second kappa shape index (κ2) is 9.35. The summed E-state index contributed by atoms with van der Waals surface area (Å²) in [7, 11) is 0. The quantitative estimate of drug-likeness (QED) is 0.711. The zero-order valence-corrected chi connectivity index (χ0v) is 13.7. The van der Waals surface area contributed by atoms with E-state index in [1.165, 1.54) is 12.1 Å². The maximum absolute atomic E-state index is 12.8. The molecule has 23 heavy (non-hydrogen) atoms. The molecule has 0 saturated carbocycles. The van der Waals surface area contributed by atoms with Gasteiger partial charge in [0.2, 0.25) is 0 Å². The van der Waals surface area contributed by atoms with Crippen molar-refractivity contribution in [1.29, 1.82) is 0 Å². The SMILES string of the molecule is NC(=O)COc1ccc(Cl)cc1CNCc1ccc(F)cc1.[Cl-]. The summed E-state index contributed by atoms with van der Waals surface area (Å²) >= 11 is 5.98. The molecule has 0 spiro atoms. The minimum absolute atomic E-state index is 0. The van der Waals surface area contributed by atoms with Gasteiger partial charge >= 0.3 is 0 Å². The average Bonchev–Trinajstić information content (AvgIpc) is 2.48. The molecule has 2 rings (SSSR count). The Kier molecular flexibility index (Phi) is 7.81. The number of carbonyl (C=O) groups is 1. The second-order valence-corrected chi connectivity index (χ2v) is 5.17. The highest BCUT2D eigenvalue weighted by Gasteiger charge is 2.06. The first-order valence-corrected chi connectivity index (χ1v) is 7.07. The van der Waals surface area contributed by atoms with E-state index in [4.69, 9.17) is 22.1 Å². The molecular formula is C16H16Cl2FN2O2-. The van der Waals surface area contributed by atoms with Crippen LogP contribution in [0, 0.1) is 5.82 Å². The molecule has 0 aliphatic carbocycles. The fourth-order valence-electron chi connectivity index (χ4n) is 1.92. The molecule has 0 saturated heterocycles. The van der Waals surface area contributed by atoms with Crippen molar-refractivity contribution in [3.63, 3.8) is 0 Å². The predicted molar refractivity (Wildman–Crippen MR) is 83.1 cm³/mol. The highest BCUT2D eigenvalue weighted by molar-refractivity contribution is 6.30. The summed E-state index contributed by atoms with van der Waals surface area (Å²) in [6.07, 6.45) is 0. The van der Waals surface area contributed by atoms with Gasteiger partial charge in [0.25, 0.3) is 5.91 Å². The van der Waals surface area contributed by atoms with Gasteiger partial charge in [-0.3, -0.25) is 4.79 Å². The first-order valence-electron chi connectivity index (χ1n) is 6.69. The largest absolute Gasteiger partial charge is 1.00 e. The van der Waals surface area contributed by atoms with E-state index in [2.05, 4.69) is 5.32 Å². The van der Waals surface area contributed by atoms with E-state index < -0.39 is 5.91 Å². The minimum Gasteiger partial charge on any atom is -1.00 e. The Bertz CT molecular complexity index is 651. The fourth-order valence-corrected chi connectivity index (χ4v) is 2.11. The summed E-state index contributed by atoms with van der Waals surface area (Å²) in [5, 5.41) is 3.79. The Morgan fingerprint density at radius 1 is 1.17 bits per heavy atom. The van der Waals surface area contributed by atoms with Gasteiger partial charge in [-0.2, -0.15) is 0 Å². The van der Waals surface area contributed by atoms with Crippen LogP contribution in [0.15, 0.2) is 42.5 Å². The van der Waals surface area contributed by atoms with E-state index in [1.807, 2.05) is 0 Å². The van der Waals surface area contributed by atoms with E-state index in [0.29, 0.717) is 23.9 Å². The fraction of sp³-hybridized carbons (Fsp3) is 0.188. The second-order valence-electron chi connectivity index (χ2n) is 4.74. The van der Waals surface area contributed by atoms with E-state index in [1.54, 1.807) is 30.3 Å². The van der Waals surface area contributed by atoms with Gasteiger partial charge in [-0.05, 0) is 35.9 Å². The van der Waals surface area contributed by atoms with Crippen molar-refractivity contribution in [3.8, 4) is 5.75 Å². The molecule has 0 radical (unpaired) electrons. The Balaban J connectivity index is 0.00000264. The molecule has 124 valence electrons. The van der Waals surface area contributed by atoms with Gasteiger partial charge in [0.1, 0.15) is 11.6 Å². The molecule has 7 heteroatoms. The normalized spacial score (nSPS) is 10.0. The predicted octanol–water partition coefficient (Wildman–Crippen LogP) is -0.363. The van der Waals surface area contributed by atoms with Gasteiger partial charge in [0.05, 0.1) is 0 Å². The minimum atomic E-state index is -0.542. The average molecular weight is 358 g/mol. The monoisotopic (exact) mass is 357 g/mol. The number of rotatable bonds is 7. The highest BCUT2D eigenvalue weighted by Crippen LogP contribution is 2.23. The van der Waals surface area contributed by atoms with Crippen LogP contribution in [0.1, 0.15) is 11.1 Å². The smallest absolute Gasteiger partial charge is 0.255 e. The van der Waals surface area contributed by atoms with Gasteiger partial charge in [0.15, 0.2) is 6.61 Å². The van der Waals surface area contributed by atoms with Gasteiger partial charge in [-0.15, -0.1) is 0 Å². The molecule has 1 amide bonds. The van der Waals surface area contributed by atoms with E-state index in [0.717, 1.165) is 11.1 Å². The number of ether oxygens (including phenoxy) is 1. The summed E-state index contributed by atoms with van der Waals surface area (Å²) < 4.78 is 18.2. The Morgan fingerprint density at radius 2 is 1.87 bits per heavy atom. The molecule has 0 fully saturated rings. The van der Waals surface area contributed by atoms with Crippen LogP contribution in [0.3, 0.4) is 0 Å². The van der Waals surface area contributed by atoms with Crippen molar-refractivity contribution in [2.75, 3.05) is 6.61 Å². The molecule has 3 N–H and O–H groups in total. The number of halogens is 3. The van der Waals surface area contributed by atoms with Crippen molar-refractivity contribution in [2.45, 2.75) is 13.1 Å². The van der Waals surface area contributed by atoms with Crippen LogP contribution in [0.2, 0.25) is 5.02 Å². The molecule has 0 bridgehead atoms. The van der Waals surface area contributed by atoms with Crippen LogP contribution in [0.25, 0.3) is 0 Å². The van der Waals surface area contributed by atoms with Crippen LogP contribution >= 0.6 is 11.6 Å². The van der Waals surface area contributed by atoms with Gasteiger partial charge in [-0.25, -0.2) is 4.39 Å². The number of primary amides is 1. The lowest BCUT2D eigenvalue weighted by Crippen LogP contribution is -3.00. The first-order chi connectivity index (χ1) is 10.5. The topological polar surface area (TPSA) is 64.4 Å². The van der Waals surface area contributed by atoms with E-state index in [9.17, 15) is 9.18 Å². The molecule has 0 atom stereocenters. The molecule has 0 aromatic heterocycles. The summed E-state index contributed by atoms with van der Waals surface area (Å²) in [5.41, 5.74) is 6.85. The van der Waals surface area contributed by atoms with Crippen molar-refractivity contribution < 1.29 is 26.3 Å². The standard InChI is InChI=1S/C16H16ClFN2O2.ClH/c17-13-3-6-15(22-10-16(19)21)12(7-13)9-20-8-11-1-4-14(18)5-2-11;/h1-7,20H,8-10H2,(H2,19,21);1H/p-1. The summed E-state index contributed by atoms with van der Waals surface area (Å²) in [4.78, 5) is 10.8. The number of hydrogen-bond acceptors (Lipinski definition) is 3. The molecule has 2 aromatic rings. The van der Waals surface area contributed by atoms with Crippen molar-refractivity contribution in [3.05, 3.63) is 64.4 Å². The lowest BCUT2D eigenvalue weighted by molar-refractivity contribution is -0.119. The van der Waals surface area contributed by atoms with E-state index in [-0.39, 0.29) is 24.8 Å². The highest BCUT2D eigenvalue weighted by atomic mass is 35.5. The summed E-state index contributed by atoms with van der Waals surface area (Å²) in [6, 6.07) is 11.4. The number of carbonyl (C=O) groups excluding carboxylic acids is 1. The Hall–Kier alpha value is -1.82. The third-order valence-corrected chi connectivity index (χ3v) is 3.19. The molecular weight excluding hydrogens is 342 g/mol. The first kappa shape index (κ1) is 19.2. The number of amides is 1. The third-order valence-electron chi connectivity index (χ3n) is 2.95. The molecule has 0 aliphatic rings. The molecule has 4 nitrogen and oxygen atoms in total. The number of benzene rings is 2.